The van der Waals surface area contributed by atoms with Crippen LogP contribution in [0.5, 0.6) is 0 Å². The van der Waals surface area contributed by atoms with Crippen molar-refractivity contribution in [2.45, 2.75) is 26.7 Å². The van der Waals surface area contributed by atoms with E-state index in [1.807, 2.05) is 32.0 Å². The molecule has 0 unspecified atom stereocenters. The molecule has 1 rings (SSSR count). The van der Waals surface area contributed by atoms with Crippen LogP contribution in [0.2, 0.25) is 0 Å². The summed E-state index contributed by atoms with van der Waals surface area (Å²) in [5.41, 5.74) is 8.54. The number of nitrogens with two attached hydrogens (primary N) is 1. The van der Waals surface area contributed by atoms with Gasteiger partial charge in [0.1, 0.15) is 6.54 Å². The summed E-state index contributed by atoms with van der Waals surface area (Å²) in [7, 11) is 0. The number of hydrogen-bond acceptors (Lipinski definition) is 2. The van der Waals surface area contributed by atoms with Crippen LogP contribution in [0.15, 0.2) is 23.2 Å². The van der Waals surface area contributed by atoms with E-state index in [0.29, 0.717) is 0 Å². The van der Waals surface area contributed by atoms with E-state index in [1.54, 1.807) is 0 Å². The van der Waals surface area contributed by atoms with E-state index in [1.165, 1.54) is 0 Å². The first kappa shape index (κ1) is 15.6. The predicted molar refractivity (Wildman–Crippen MR) is 82.7 cm³/mol. The van der Waals surface area contributed by atoms with E-state index in [-0.39, 0.29) is 12.5 Å². The number of aryl methyl sites for hydroxylation is 2. The Balaban J connectivity index is 2.83. The number of aliphatic imine (C=N–C) groups is 1. The summed E-state index contributed by atoms with van der Waals surface area (Å²) >= 11 is 0. The van der Waals surface area contributed by atoms with E-state index in [0.717, 1.165) is 29.7 Å². The molecule has 5 nitrogen and oxygen atoms in total. The summed E-state index contributed by atoms with van der Waals surface area (Å²) in [6.45, 7) is 4.22. The van der Waals surface area contributed by atoms with Crippen LogP contribution in [0.3, 0.4) is 0 Å². The van der Waals surface area contributed by atoms with Gasteiger partial charge in [0.05, 0.1) is 0 Å². The van der Waals surface area contributed by atoms with Crippen molar-refractivity contribution in [2.24, 2.45) is 10.7 Å². The molecule has 1 aromatic rings. The highest BCUT2D eigenvalue weighted by Gasteiger charge is 2.10. The van der Waals surface area contributed by atoms with Crippen molar-refractivity contribution in [2.75, 3.05) is 11.9 Å². The van der Waals surface area contributed by atoms with E-state index in [2.05, 4.69) is 21.5 Å². The Morgan fingerprint density at radius 2 is 1.95 bits per heavy atom. The van der Waals surface area contributed by atoms with E-state index in [9.17, 15) is 4.79 Å². The van der Waals surface area contributed by atoms with Crippen LogP contribution >= 0.6 is 0 Å². The number of nitrogens with zero attached hydrogens (tertiary/aromatic N) is 1. The number of nitrogens with one attached hydrogen (secondary N) is 2. The number of rotatable bonds is 4. The molecule has 1 aromatic carbocycles. The topological polar surface area (TPSA) is 79.5 Å². The highest BCUT2D eigenvalue weighted by molar-refractivity contribution is 6.02. The Kier molecular flexibility index (Phi) is 6.11. The van der Waals surface area contributed by atoms with Gasteiger partial charge in [-0.25, -0.2) is 9.79 Å². The van der Waals surface area contributed by atoms with Crippen molar-refractivity contribution < 1.29 is 4.79 Å². The molecular formula is C15H20N4O. The van der Waals surface area contributed by atoms with Crippen LogP contribution in [0.4, 0.5) is 10.5 Å². The highest BCUT2D eigenvalue weighted by atomic mass is 16.2. The molecule has 0 aliphatic rings. The van der Waals surface area contributed by atoms with Crippen LogP contribution in [0.25, 0.3) is 0 Å². The number of guanidine groups is 1. The molecule has 20 heavy (non-hydrogen) atoms. The molecule has 0 radical (unpaired) electrons. The van der Waals surface area contributed by atoms with Gasteiger partial charge in [-0.1, -0.05) is 38.0 Å². The summed E-state index contributed by atoms with van der Waals surface area (Å²) in [6, 6.07) is 5.55. The first-order valence-electron chi connectivity index (χ1n) is 6.54. The quantitative estimate of drug-likeness (QED) is 0.444. The second-order valence-corrected chi connectivity index (χ2v) is 4.14. The van der Waals surface area contributed by atoms with E-state index >= 15 is 0 Å². The smallest absolute Gasteiger partial charge is 0.326 e. The molecule has 0 heterocycles. The minimum atomic E-state index is -0.418. The summed E-state index contributed by atoms with van der Waals surface area (Å²) in [5.74, 6) is 2.33. The lowest BCUT2D eigenvalue weighted by molar-refractivity contribution is 0.256. The molecule has 0 spiro atoms. The van der Waals surface area contributed by atoms with Crippen molar-refractivity contribution in [1.82, 2.24) is 5.32 Å². The maximum absolute atomic E-state index is 11.9. The van der Waals surface area contributed by atoms with Crippen LogP contribution in [0, 0.1) is 12.3 Å². The van der Waals surface area contributed by atoms with Gasteiger partial charge in [0, 0.05) is 5.69 Å². The minimum absolute atomic E-state index is 0.00692. The second-order valence-electron chi connectivity index (χ2n) is 4.14. The summed E-state index contributed by atoms with van der Waals surface area (Å²) in [6.07, 6.45) is 6.74. The molecule has 4 N–H and O–H groups in total. The summed E-state index contributed by atoms with van der Waals surface area (Å²) in [4.78, 5) is 15.7. The third-order valence-electron chi connectivity index (χ3n) is 2.82. The van der Waals surface area contributed by atoms with Gasteiger partial charge in [-0.3, -0.25) is 5.32 Å². The number of carbonyl (C=O) groups is 1. The second kappa shape index (κ2) is 7.85. The van der Waals surface area contributed by atoms with Crippen molar-refractivity contribution in [3.8, 4) is 12.3 Å². The minimum Gasteiger partial charge on any atom is -0.370 e. The lowest BCUT2D eigenvalue weighted by Crippen LogP contribution is -2.40. The zero-order valence-electron chi connectivity index (χ0n) is 11.9. The number of amides is 2. The lowest BCUT2D eigenvalue weighted by Gasteiger charge is -2.14. The Morgan fingerprint density at radius 1 is 1.35 bits per heavy atom. The Hall–Kier alpha value is -2.48. The van der Waals surface area contributed by atoms with Gasteiger partial charge in [0.25, 0.3) is 0 Å². The number of anilines is 1. The summed E-state index contributed by atoms with van der Waals surface area (Å²) in [5, 5.41) is 5.27. The van der Waals surface area contributed by atoms with Gasteiger partial charge in [0.2, 0.25) is 0 Å². The average molecular weight is 272 g/mol. The highest BCUT2D eigenvalue weighted by Crippen LogP contribution is 2.22. The van der Waals surface area contributed by atoms with Gasteiger partial charge in [-0.05, 0) is 24.0 Å². The molecule has 0 aliphatic heterocycles. The zero-order valence-corrected chi connectivity index (χ0v) is 11.9. The van der Waals surface area contributed by atoms with Gasteiger partial charge in [-0.15, -0.1) is 6.42 Å². The van der Waals surface area contributed by atoms with Crippen LogP contribution in [0.1, 0.15) is 25.0 Å². The van der Waals surface area contributed by atoms with Gasteiger partial charge >= 0.3 is 6.03 Å². The monoisotopic (exact) mass is 272 g/mol. The maximum Gasteiger partial charge on any atom is 0.326 e. The predicted octanol–water partition coefficient (Wildman–Crippen LogP) is 1.88. The fourth-order valence-corrected chi connectivity index (χ4v) is 1.83. The van der Waals surface area contributed by atoms with Crippen LogP contribution in [-0.2, 0) is 12.8 Å². The fraction of sp³-hybridized carbons (Fsp3) is 0.333. The summed E-state index contributed by atoms with van der Waals surface area (Å²) < 4.78 is 0. The normalized spacial score (nSPS) is 10.8. The number of para-hydroxylation sites is 1. The van der Waals surface area contributed by atoms with Crippen molar-refractivity contribution in [1.29, 1.82) is 0 Å². The first-order valence-corrected chi connectivity index (χ1v) is 6.54. The molecule has 0 atom stereocenters. The molecule has 0 saturated carbocycles. The van der Waals surface area contributed by atoms with Crippen molar-refractivity contribution in [3.05, 3.63) is 29.3 Å². The number of hydrogen-bond donors (Lipinski definition) is 3. The van der Waals surface area contributed by atoms with Gasteiger partial charge in [0.15, 0.2) is 5.96 Å². The first-order chi connectivity index (χ1) is 9.62. The maximum atomic E-state index is 11.9. The van der Waals surface area contributed by atoms with E-state index in [4.69, 9.17) is 12.2 Å². The number of benzene rings is 1. The Labute approximate surface area is 119 Å². The molecule has 0 fully saturated rings. The fourth-order valence-electron chi connectivity index (χ4n) is 1.83. The SMILES string of the molecule is C#CCN=C(N)NC(=O)Nc1c(CC)cccc1CC. The number of urea groups is 1. The molecule has 0 saturated heterocycles. The zero-order chi connectivity index (χ0) is 15.0. The average Bonchev–Trinajstić information content (AvgIpc) is 2.45. The number of terminal acetylenes is 1. The van der Waals surface area contributed by atoms with Gasteiger partial charge < -0.3 is 11.1 Å². The van der Waals surface area contributed by atoms with Crippen molar-refractivity contribution >= 4 is 17.7 Å². The standard InChI is InChI=1S/C15H20N4O/c1-4-10-17-14(16)19-15(20)18-13-11(5-2)8-7-9-12(13)6-3/h1,7-9H,5-6,10H2,2-3H3,(H4,16,17,18,19,20). The largest absolute Gasteiger partial charge is 0.370 e. The van der Waals surface area contributed by atoms with Crippen LogP contribution < -0.4 is 16.4 Å². The Bertz CT molecular complexity index is 521. The van der Waals surface area contributed by atoms with Gasteiger partial charge in [-0.2, -0.15) is 0 Å². The van der Waals surface area contributed by atoms with E-state index < -0.39 is 6.03 Å². The Morgan fingerprint density at radius 3 is 2.45 bits per heavy atom. The molecule has 0 aromatic heterocycles. The molecular weight excluding hydrogens is 252 g/mol. The van der Waals surface area contributed by atoms with Crippen LogP contribution in [-0.4, -0.2) is 18.5 Å². The number of carbonyl (C=O) groups excluding carboxylic acids is 1. The third-order valence-corrected chi connectivity index (χ3v) is 2.82. The van der Waals surface area contributed by atoms with Crippen molar-refractivity contribution in [3.63, 3.8) is 0 Å². The lowest BCUT2D eigenvalue weighted by atomic mass is 10.0. The molecule has 0 aliphatic carbocycles. The molecule has 5 heteroatoms. The third kappa shape index (κ3) is 4.32. The molecule has 106 valence electrons. The molecule has 2 amide bonds. The molecule has 0 bridgehead atoms.